The molecule has 5 heteroatoms. The van der Waals surface area contributed by atoms with Crippen LogP contribution in [-0.4, -0.2) is 16.0 Å². The van der Waals surface area contributed by atoms with Crippen molar-refractivity contribution in [3.05, 3.63) is 144 Å². The molecule has 190 valence electrons. The van der Waals surface area contributed by atoms with Gasteiger partial charge in [0, 0.05) is 34.7 Å². The molecular formula is C33H28N4Pt. The van der Waals surface area contributed by atoms with Crippen LogP contribution in [0.2, 0.25) is 0 Å². The van der Waals surface area contributed by atoms with E-state index in [0.717, 1.165) is 39.3 Å². The normalized spacial score (nSPS) is 12.2. The summed E-state index contributed by atoms with van der Waals surface area (Å²) in [5.74, 6) is 0. The first-order valence-corrected chi connectivity index (χ1v) is 12.2. The monoisotopic (exact) mass is 675 g/mol. The number of hydrogen-bond acceptors (Lipinski definition) is 3. The van der Waals surface area contributed by atoms with Gasteiger partial charge in [-0.05, 0) is 36.3 Å². The van der Waals surface area contributed by atoms with Crippen molar-refractivity contribution >= 4 is 17.5 Å². The number of aliphatic imine (C=N–C) groups is 1. The van der Waals surface area contributed by atoms with Crippen molar-refractivity contribution in [3.63, 3.8) is 0 Å². The van der Waals surface area contributed by atoms with Crippen LogP contribution >= 0.6 is 0 Å². The van der Waals surface area contributed by atoms with Crippen LogP contribution in [-0.2, 0) is 26.5 Å². The van der Waals surface area contributed by atoms with Gasteiger partial charge in [0.2, 0.25) is 0 Å². The Morgan fingerprint density at radius 3 is 2.11 bits per heavy atom. The van der Waals surface area contributed by atoms with E-state index in [-0.39, 0.29) is 21.1 Å². The van der Waals surface area contributed by atoms with Gasteiger partial charge in [-0.2, -0.15) is 53.6 Å². The zero-order valence-corrected chi connectivity index (χ0v) is 23.6. The number of para-hydroxylation sites is 2. The van der Waals surface area contributed by atoms with Crippen LogP contribution in [0.25, 0.3) is 22.4 Å². The van der Waals surface area contributed by atoms with Gasteiger partial charge in [-0.25, -0.2) is 0 Å². The van der Waals surface area contributed by atoms with E-state index in [9.17, 15) is 0 Å². The van der Waals surface area contributed by atoms with E-state index in [1.54, 1.807) is 0 Å². The van der Waals surface area contributed by atoms with Gasteiger partial charge >= 0.3 is 21.1 Å². The van der Waals surface area contributed by atoms with Crippen molar-refractivity contribution in [2.45, 2.75) is 19.3 Å². The molecule has 5 aromatic rings. The number of nitrogens with zero attached hydrogens (tertiary/aromatic N) is 3. The number of allylic oxidation sites excluding steroid dienone is 2. The molecule has 0 aliphatic rings. The predicted molar refractivity (Wildman–Crippen MR) is 152 cm³/mol. The Kier molecular flexibility index (Phi) is 8.55. The fourth-order valence-corrected chi connectivity index (χ4v) is 4.29. The first-order chi connectivity index (χ1) is 18.0. The summed E-state index contributed by atoms with van der Waals surface area (Å²) in [5, 5.41) is 5.06. The summed E-state index contributed by atoms with van der Waals surface area (Å²) in [6.45, 7) is 4.23. The van der Waals surface area contributed by atoms with Crippen molar-refractivity contribution in [3.8, 4) is 16.8 Å². The topological polar surface area (TPSA) is 56.2 Å². The number of benzene rings is 4. The second-order valence-electron chi connectivity index (χ2n) is 9.27. The molecule has 0 aliphatic heterocycles. The summed E-state index contributed by atoms with van der Waals surface area (Å²) < 4.78 is 1.88. The molecule has 4 aromatic carbocycles. The predicted octanol–water partition coefficient (Wildman–Crippen LogP) is 7.19. The first-order valence-electron chi connectivity index (χ1n) is 12.2. The minimum absolute atomic E-state index is 0. The number of hydrogen-bond donors (Lipinski definition) is 1. The standard InChI is InChI=1S/C33H28N4.Pt/c1-33(2,31(34)29(25-15-7-3-8-16-25)23-35-27-19-11-5-12-20-27)32-30(26-17-9-4-10-18-26)24-37(36-32)28-21-13-6-14-22-28;/h3-19,21,23-24H,34H2,1-2H3;/q-2;+2/b31-29+,35-23?;. The van der Waals surface area contributed by atoms with Crippen LogP contribution < -0.4 is 5.73 Å². The Bertz CT molecular complexity index is 1520. The molecule has 0 radical (unpaired) electrons. The fourth-order valence-electron chi connectivity index (χ4n) is 4.29. The molecule has 0 amide bonds. The Morgan fingerprint density at radius 1 is 0.842 bits per heavy atom. The third-order valence-electron chi connectivity index (χ3n) is 6.40. The summed E-state index contributed by atoms with van der Waals surface area (Å²) in [4.78, 5) is 4.70. The van der Waals surface area contributed by atoms with E-state index < -0.39 is 5.41 Å². The van der Waals surface area contributed by atoms with Gasteiger partial charge in [0.15, 0.2) is 0 Å². The summed E-state index contributed by atoms with van der Waals surface area (Å²) in [5.41, 5.74) is 13.5. The van der Waals surface area contributed by atoms with E-state index in [2.05, 4.69) is 56.4 Å². The minimum atomic E-state index is -0.622. The quantitative estimate of drug-likeness (QED) is 0.147. The van der Waals surface area contributed by atoms with Gasteiger partial charge in [0.1, 0.15) is 0 Å². The minimum Gasteiger partial charge on any atom is -0.401 e. The van der Waals surface area contributed by atoms with Gasteiger partial charge in [0.25, 0.3) is 0 Å². The molecular weight excluding hydrogens is 647 g/mol. The Balaban J connectivity index is 0.00000336. The number of rotatable bonds is 7. The summed E-state index contributed by atoms with van der Waals surface area (Å²) >= 11 is 0. The molecule has 2 N–H and O–H groups in total. The zero-order valence-electron chi connectivity index (χ0n) is 21.3. The van der Waals surface area contributed by atoms with E-state index in [1.165, 1.54) is 0 Å². The molecule has 0 saturated carbocycles. The Hall–Kier alpha value is -4.01. The zero-order chi connectivity index (χ0) is 25.7. The summed E-state index contributed by atoms with van der Waals surface area (Å²) in [6, 6.07) is 42.3. The Morgan fingerprint density at radius 2 is 1.47 bits per heavy atom. The largest absolute Gasteiger partial charge is 2.00 e. The second-order valence-corrected chi connectivity index (χ2v) is 9.27. The van der Waals surface area contributed by atoms with Gasteiger partial charge in [-0.15, -0.1) is 12.1 Å². The smallest absolute Gasteiger partial charge is 0.401 e. The third kappa shape index (κ3) is 5.77. The molecule has 0 bridgehead atoms. The number of aromatic nitrogens is 2. The van der Waals surface area contributed by atoms with E-state index in [1.807, 2.05) is 95.8 Å². The number of nitrogens with two attached hydrogens (primary N) is 1. The Labute approximate surface area is 238 Å². The van der Waals surface area contributed by atoms with E-state index >= 15 is 0 Å². The molecule has 38 heavy (non-hydrogen) atoms. The maximum atomic E-state index is 7.04. The van der Waals surface area contributed by atoms with Crippen LogP contribution in [0.1, 0.15) is 25.1 Å². The SMILES string of the molecule is CC(C)(/C(N)=C(/C=Nc1[c-]cccc1)c1ccccc1)c1nn(-c2[c-]cccc2)cc1-c1ccccc1.[Pt+2]. The average Bonchev–Trinajstić information content (AvgIpc) is 3.42. The van der Waals surface area contributed by atoms with Crippen LogP contribution in [0.4, 0.5) is 5.69 Å². The molecule has 0 aliphatic carbocycles. The second kappa shape index (κ2) is 12.0. The van der Waals surface area contributed by atoms with Crippen molar-refractivity contribution in [2.24, 2.45) is 10.7 Å². The van der Waals surface area contributed by atoms with Gasteiger partial charge in [0.05, 0.1) is 5.69 Å². The maximum Gasteiger partial charge on any atom is 2.00 e. The molecule has 1 aromatic heterocycles. The molecule has 4 nitrogen and oxygen atoms in total. The molecule has 0 atom stereocenters. The molecule has 0 unspecified atom stereocenters. The third-order valence-corrected chi connectivity index (χ3v) is 6.40. The van der Waals surface area contributed by atoms with Gasteiger partial charge < -0.3 is 5.73 Å². The molecule has 1 heterocycles. The van der Waals surface area contributed by atoms with Crippen molar-refractivity contribution in [1.82, 2.24) is 9.78 Å². The maximum absolute atomic E-state index is 7.04. The van der Waals surface area contributed by atoms with Crippen LogP contribution in [0.3, 0.4) is 0 Å². The van der Waals surface area contributed by atoms with Crippen molar-refractivity contribution in [2.75, 3.05) is 0 Å². The van der Waals surface area contributed by atoms with Gasteiger partial charge in [-0.1, -0.05) is 60.7 Å². The summed E-state index contributed by atoms with van der Waals surface area (Å²) in [6.07, 6.45) is 3.89. The molecule has 5 rings (SSSR count). The van der Waals surface area contributed by atoms with Gasteiger partial charge in [-0.3, -0.25) is 9.67 Å². The fraction of sp³-hybridized carbons (Fsp3) is 0.0909. The van der Waals surface area contributed by atoms with Crippen molar-refractivity contribution in [1.29, 1.82) is 0 Å². The van der Waals surface area contributed by atoms with E-state index in [0.29, 0.717) is 5.70 Å². The molecule has 0 fully saturated rings. The van der Waals surface area contributed by atoms with Crippen molar-refractivity contribution < 1.29 is 21.1 Å². The molecule has 0 spiro atoms. The summed E-state index contributed by atoms with van der Waals surface area (Å²) in [7, 11) is 0. The van der Waals surface area contributed by atoms with Crippen LogP contribution in [0, 0.1) is 12.1 Å². The van der Waals surface area contributed by atoms with Crippen LogP contribution in [0.5, 0.6) is 0 Å². The van der Waals surface area contributed by atoms with E-state index in [4.69, 9.17) is 15.8 Å². The first kappa shape index (κ1) is 27.0. The molecule has 0 saturated heterocycles. The average molecular weight is 676 g/mol. The van der Waals surface area contributed by atoms with Crippen LogP contribution in [0.15, 0.2) is 126 Å².